The zero-order valence-electron chi connectivity index (χ0n) is 13.7. The Morgan fingerprint density at radius 3 is 2.27 bits per heavy atom. The summed E-state index contributed by atoms with van der Waals surface area (Å²) in [6, 6.07) is 1.59. The predicted molar refractivity (Wildman–Crippen MR) is 81.6 cm³/mol. The number of carbonyl (C=O) groups is 1. The number of nitrogens with zero attached hydrogens (tertiary/aromatic N) is 2. The van der Waals surface area contributed by atoms with Gasteiger partial charge in [0.1, 0.15) is 25.8 Å². The van der Waals surface area contributed by atoms with Crippen LogP contribution >= 0.6 is 0 Å². The Hall–Kier alpha value is -1.71. The average Bonchev–Trinajstić information content (AvgIpc) is 2.54. The summed E-state index contributed by atoms with van der Waals surface area (Å²) in [5.74, 6) is 0.983. The Kier molecular flexibility index (Phi) is 11.0. The summed E-state index contributed by atoms with van der Waals surface area (Å²) < 4.78 is 16.2. The van der Waals surface area contributed by atoms with Crippen molar-refractivity contribution in [3.63, 3.8) is 0 Å². The summed E-state index contributed by atoms with van der Waals surface area (Å²) in [5.41, 5.74) is -0.408. The molecule has 0 aliphatic carbocycles. The lowest BCUT2D eigenvalue weighted by Gasteiger charge is -2.36. The van der Waals surface area contributed by atoms with Crippen LogP contribution in [0.5, 0.6) is 0 Å². The van der Waals surface area contributed by atoms with Crippen molar-refractivity contribution in [2.45, 2.75) is 13.8 Å². The highest BCUT2D eigenvalue weighted by Gasteiger charge is 2.24. The number of hydrogen-bond donors (Lipinski definition) is 1. The lowest BCUT2D eigenvalue weighted by atomic mass is 10.3. The first-order valence-electron chi connectivity index (χ1n) is 7.37. The van der Waals surface area contributed by atoms with Gasteiger partial charge in [-0.15, -0.1) is 0 Å². The fourth-order valence-corrected chi connectivity index (χ4v) is 2.00. The molecular formula is C15H26N3O4+. The predicted octanol–water partition coefficient (Wildman–Crippen LogP) is 0.748. The average molecular weight is 312 g/mol. The molecule has 0 atom stereocenters. The molecule has 0 aromatic heterocycles. The van der Waals surface area contributed by atoms with Gasteiger partial charge in [0.25, 0.3) is 0 Å². The van der Waals surface area contributed by atoms with Gasteiger partial charge < -0.3 is 18.7 Å². The Morgan fingerprint density at radius 1 is 1.14 bits per heavy atom. The van der Waals surface area contributed by atoms with E-state index in [9.17, 15) is 4.79 Å². The molecule has 0 saturated heterocycles. The highest BCUT2D eigenvalue weighted by atomic mass is 16.5. The van der Waals surface area contributed by atoms with Gasteiger partial charge in [-0.25, -0.2) is 4.79 Å². The molecule has 22 heavy (non-hydrogen) atoms. The van der Waals surface area contributed by atoms with Crippen molar-refractivity contribution < 1.29 is 23.5 Å². The summed E-state index contributed by atoms with van der Waals surface area (Å²) in [4.78, 5) is 11.5. The van der Waals surface area contributed by atoms with Crippen LogP contribution in [0, 0.1) is 16.7 Å². The molecule has 0 aliphatic heterocycles. The van der Waals surface area contributed by atoms with E-state index in [0.717, 1.165) is 24.1 Å². The Bertz CT molecular complexity index is 421. The van der Waals surface area contributed by atoms with E-state index in [0.29, 0.717) is 26.4 Å². The number of esters is 1. The second-order valence-corrected chi connectivity index (χ2v) is 4.77. The number of methoxy groups -OCH3 is 1. The lowest BCUT2D eigenvalue weighted by molar-refractivity contribution is -0.925. The summed E-state index contributed by atoms with van der Waals surface area (Å²) >= 11 is 0. The molecule has 7 heteroatoms. The van der Waals surface area contributed by atoms with Gasteiger partial charge in [0.2, 0.25) is 0 Å². The van der Waals surface area contributed by atoms with Crippen molar-refractivity contribution in [3.05, 3.63) is 5.57 Å². The summed E-state index contributed by atoms with van der Waals surface area (Å²) in [7, 11) is 1.63. The second-order valence-electron chi connectivity index (χ2n) is 4.77. The SMILES string of the molecule is CC[N+](CC)(CCOCCOC)CCOC(=O)C(=C=N)C#N. The fraction of sp³-hybridized carbons (Fsp3) is 0.733. The Balaban J connectivity index is 4.30. The van der Waals surface area contributed by atoms with Gasteiger partial charge in [-0.3, -0.25) is 5.41 Å². The number of hydrogen-bond acceptors (Lipinski definition) is 6. The molecule has 0 saturated carbocycles. The molecule has 124 valence electrons. The third-order valence-electron chi connectivity index (χ3n) is 3.72. The van der Waals surface area contributed by atoms with E-state index in [4.69, 9.17) is 24.9 Å². The first-order valence-corrected chi connectivity index (χ1v) is 7.37. The fourth-order valence-electron chi connectivity index (χ4n) is 2.00. The van der Waals surface area contributed by atoms with Crippen LogP contribution in [-0.2, 0) is 19.0 Å². The summed E-state index contributed by atoms with van der Waals surface area (Å²) in [6.07, 6.45) is 0. The Morgan fingerprint density at radius 2 is 1.77 bits per heavy atom. The topological polar surface area (TPSA) is 92.4 Å². The molecule has 0 aliphatic rings. The molecule has 0 fully saturated rings. The van der Waals surface area contributed by atoms with Crippen molar-refractivity contribution in [3.8, 4) is 6.07 Å². The molecule has 0 amide bonds. The van der Waals surface area contributed by atoms with Gasteiger partial charge in [0, 0.05) is 13.0 Å². The Labute approximate surface area is 132 Å². The first kappa shape index (κ1) is 20.3. The molecule has 1 N–H and O–H groups in total. The van der Waals surface area contributed by atoms with Gasteiger partial charge in [-0.2, -0.15) is 5.26 Å². The highest BCUT2D eigenvalue weighted by molar-refractivity contribution is 6.01. The molecule has 0 aromatic carbocycles. The van der Waals surface area contributed by atoms with E-state index in [1.165, 1.54) is 0 Å². The van der Waals surface area contributed by atoms with Crippen LogP contribution in [0.25, 0.3) is 0 Å². The van der Waals surface area contributed by atoms with E-state index < -0.39 is 11.5 Å². The number of nitrogens with one attached hydrogen (secondary N) is 1. The number of rotatable bonds is 12. The van der Waals surface area contributed by atoms with E-state index in [1.807, 2.05) is 0 Å². The van der Waals surface area contributed by atoms with Crippen LogP contribution in [-0.4, -0.2) is 76.0 Å². The third-order valence-corrected chi connectivity index (χ3v) is 3.72. The summed E-state index contributed by atoms with van der Waals surface area (Å²) in [5, 5.41) is 15.5. The molecule has 0 heterocycles. The van der Waals surface area contributed by atoms with Crippen molar-refractivity contribution in [1.82, 2.24) is 0 Å². The molecule has 0 spiro atoms. The number of nitriles is 1. The second kappa shape index (κ2) is 11.9. The van der Waals surface area contributed by atoms with Crippen LogP contribution in [0.15, 0.2) is 5.57 Å². The van der Waals surface area contributed by atoms with E-state index >= 15 is 0 Å². The van der Waals surface area contributed by atoms with Crippen molar-refractivity contribution in [2.24, 2.45) is 0 Å². The minimum Gasteiger partial charge on any atom is -0.455 e. The van der Waals surface area contributed by atoms with Crippen LogP contribution in [0.4, 0.5) is 0 Å². The van der Waals surface area contributed by atoms with Crippen LogP contribution in [0.2, 0.25) is 0 Å². The van der Waals surface area contributed by atoms with Crippen molar-refractivity contribution >= 4 is 11.8 Å². The molecule has 0 bridgehead atoms. The van der Waals surface area contributed by atoms with Gasteiger partial charge in [-0.1, -0.05) is 0 Å². The summed E-state index contributed by atoms with van der Waals surface area (Å²) in [6.45, 7) is 9.37. The molecule has 0 rings (SSSR count). The molecular weight excluding hydrogens is 286 g/mol. The number of carbonyl (C=O) groups excluding carboxylic acids is 1. The number of likely N-dealkylation sites (N-methyl/N-ethyl adjacent to an activating group) is 1. The zero-order chi connectivity index (χ0) is 16.8. The smallest absolute Gasteiger partial charge is 0.358 e. The van der Waals surface area contributed by atoms with E-state index in [2.05, 4.69) is 13.8 Å². The molecule has 7 nitrogen and oxygen atoms in total. The normalized spacial score (nSPS) is 10.6. The van der Waals surface area contributed by atoms with Gasteiger partial charge in [0.15, 0.2) is 5.57 Å². The van der Waals surface area contributed by atoms with E-state index in [-0.39, 0.29) is 6.61 Å². The zero-order valence-corrected chi connectivity index (χ0v) is 13.7. The maximum Gasteiger partial charge on any atom is 0.358 e. The third kappa shape index (κ3) is 7.34. The monoisotopic (exact) mass is 312 g/mol. The van der Waals surface area contributed by atoms with Gasteiger partial charge in [-0.05, 0) is 13.8 Å². The lowest BCUT2D eigenvalue weighted by Crippen LogP contribution is -2.52. The minimum atomic E-state index is -0.792. The molecule has 0 unspecified atom stereocenters. The maximum atomic E-state index is 11.5. The maximum absolute atomic E-state index is 11.5. The van der Waals surface area contributed by atoms with Crippen LogP contribution < -0.4 is 0 Å². The van der Waals surface area contributed by atoms with Crippen molar-refractivity contribution in [2.75, 3.05) is 59.7 Å². The highest BCUT2D eigenvalue weighted by Crippen LogP contribution is 2.06. The van der Waals surface area contributed by atoms with Crippen LogP contribution in [0.3, 0.4) is 0 Å². The number of ether oxygens (including phenoxy) is 3. The minimum absolute atomic E-state index is 0.200. The standard InChI is InChI=1S/C15H26N3O4/c1-4-18(5-2,6-8-21-11-10-20-3)7-9-22-15(19)14(12-16)13-17/h16H,4-11H2,1-3H3/q+1. The van der Waals surface area contributed by atoms with Gasteiger partial charge >= 0.3 is 5.97 Å². The largest absolute Gasteiger partial charge is 0.455 e. The number of quaternary nitrogens is 1. The van der Waals surface area contributed by atoms with Crippen LogP contribution in [0.1, 0.15) is 13.8 Å². The molecule has 0 aromatic rings. The quantitative estimate of drug-likeness (QED) is 0.143. The first-order chi connectivity index (χ1) is 10.6. The van der Waals surface area contributed by atoms with Crippen molar-refractivity contribution in [1.29, 1.82) is 10.7 Å². The van der Waals surface area contributed by atoms with Gasteiger partial charge in [0.05, 0.1) is 32.9 Å². The molecule has 0 radical (unpaired) electrons. The van der Waals surface area contributed by atoms with E-state index in [1.54, 1.807) is 19.0 Å².